The Kier molecular flexibility index (Phi) is 7.83. The number of alkyl halides is 3. The highest BCUT2D eigenvalue weighted by molar-refractivity contribution is 5.42. The van der Waals surface area contributed by atoms with E-state index >= 15 is 0 Å². The van der Waals surface area contributed by atoms with Crippen molar-refractivity contribution < 1.29 is 27.0 Å². The lowest BCUT2D eigenvalue weighted by Gasteiger charge is -2.37. The second-order valence-electron chi connectivity index (χ2n) is 8.60. The minimum absolute atomic E-state index is 0.0824. The van der Waals surface area contributed by atoms with Gasteiger partial charge in [-0.15, -0.1) is 6.58 Å². The molecule has 1 saturated heterocycles. The molecule has 0 N–H and O–H groups in total. The average Bonchev–Trinajstić information content (AvgIpc) is 2.73. The highest BCUT2D eigenvalue weighted by Gasteiger charge is 2.41. The molecule has 1 saturated carbocycles. The van der Waals surface area contributed by atoms with Gasteiger partial charge in [0.25, 0.3) is 0 Å². The predicted octanol–water partition coefficient (Wildman–Crippen LogP) is 7.28. The molecule has 2 nitrogen and oxygen atoms in total. The second kappa shape index (κ2) is 10.2. The predicted molar refractivity (Wildman–Crippen MR) is 109 cm³/mol. The summed E-state index contributed by atoms with van der Waals surface area (Å²) in [4.78, 5) is 0. The average molecular weight is 429 g/mol. The summed E-state index contributed by atoms with van der Waals surface area (Å²) in [7, 11) is 0. The summed E-state index contributed by atoms with van der Waals surface area (Å²) in [6.07, 6.45) is 4.53. The Morgan fingerprint density at radius 3 is 2.43 bits per heavy atom. The van der Waals surface area contributed by atoms with Crippen LogP contribution in [0.5, 0.6) is 5.75 Å². The van der Waals surface area contributed by atoms with Gasteiger partial charge < -0.3 is 9.47 Å². The zero-order chi connectivity index (χ0) is 21.7. The molecular formula is C24H32F4O2. The summed E-state index contributed by atoms with van der Waals surface area (Å²) in [5.41, 5.74) is -1.21. The lowest BCUT2D eigenvalue weighted by atomic mass is 9.77. The van der Waals surface area contributed by atoms with Crippen LogP contribution in [0.2, 0.25) is 0 Å². The number of halogens is 4. The maximum atomic E-state index is 15.0. The van der Waals surface area contributed by atoms with E-state index in [2.05, 4.69) is 6.58 Å². The maximum absolute atomic E-state index is 15.0. The number of unbranched alkanes of at least 4 members (excludes halogenated alkanes) is 1. The molecule has 1 aromatic rings. The Labute approximate surface area is 176 Å². The van der Waals surface area contributed by atoms with Gasteiger partial charge in [0.2, 0.25) is 0 Å². The number of hydrogen-bond donors (Lipinski definition) is 0. The van der Waals surface area contributed by atoms with E-state index in [0.29, 0.717) is 24.7 Å². The van der Waals surface area contributed by atoms with Gasteiger partial charge in [-0.05, 0) is 68.4 Å². The van der Waals surface area contributed by atoms with Crippen molar-refractivity contribution >= 4 is 0 Å². The Morgan fingerprint density at radius 2 is 1.87 bits per heavy atom. The Morgan fingerprint density at radius 1 is 1.13 bits per heavy atom. The molecule has 2 fully saturated rings. The fourth-order valence-corrected chi connectivity index (χ4v) is 4.74. The van der Waals surface area contributed by atoms with Gasteiger partial charge in [-0.3, -0.25) is 0 Å². The molecule has 1 aliphatic heterocycles. The SMILES string of the molecule is C=CC1CCC(C2CCC(c3ccc(OCCCC)c(C(F)(F)F)c3F)CO2)CC1. The smallest absolute Gasteiger partial charge is 0.422 e. The normalized spacial score (nSPS) is 27.6. The van der Waals surface area contributed by atoms with Gasteiger partial charge >= 0.3 is 6.18 Å². The fraction of sp³-hybridized carbons (Fsp3) is 0.667. The lowest BCUT2D eigenvalue weighted by molar-refractivity contribution is -0.141. The molecule has 3 rings (SSSR count). The molecule has 2 unspecified atom stereocenters. The monoisotopic (exact) mass is 428 g/mol. The second-order valence-corrected chi connectivity index (χ2v) is 8.60. The van der Waals surface area contributed by atoms with E-state index in [1.165, 1.54) is 12.1 Å². The molecule has 30 heavy (non-hydrogen) atoms. The molecule has 1 heterocycles. The Bertz CT molecular complexity index is 700. The van der Waals surface area contributed by atoms with Crippen molar-refractivity contribution in [3.8, 4) is 5.75 Å². The van der Waals surface area contributed by atoms with Crippen LogP contribution in [0.1, 0.15) is 75.3 Å². The minimum Gasteiger partial charge on any atom is -0.493 e. The molecular weight excluding hydrogens is 396 g/mol. The molecule has 2 aliphatic rings. The summed E-state index contributed by atoms with van der Waals surface area (Å²) >= 11 is 0. The third-order valence-electron chi connectivity index (χ3n) is 6.60. The molecule has 168 valence electrons. The van der Waals surface area contributed by atoms with Gasteiger partial charge in [-0.2, -0.15) is 13.2 Å². The standard InChI is InChI=1S/C24H32F4O2/c1-3-5-14-29-21-13-11-19(23(25)22(21)24(26,27)28)18-10-12-20(30-15-18)17-8-6-16(4-2)7-9-17/h4,11,13,16-18,20H,2-3,5-10,12,14-15H2,1H3. The van der Waals surface area contributed by atoms with Crippen LogP contribution >= 0.6 is 0 Å². The van der Waals surface area contributed by atoms with Gasteiger partial charge in [-0.25, -0.2) is 4.39 Å². The molecule has 0 aromatic heterocycles. The van der Waals surface area contributed by atoms with Crippen molar-refractivity contribution in [2.75, 3.05) is 13.2 Å². The van der Waals surface area contributed by atoms with Crippen LogP contribution in [0.15, 0.2) is 24.8 Å². The lowest BCUT2D eigenvalue weighted by Crippen LogP contribution is -2.33. The maximum Gasteiger partial charge on any atom is 0.422 e. The molecule has 0 spiro atoms. The zero-order valence-corrected chi connectivity index (χ0v) is 17.6. The van der Waals surface area contributed by atoms with Crippen LogP contribution in [0.4, 0.5) is 17.6 Å². The molecule has 6 heteroatoms. The number of rotatable bonds is 7. The van der Waals surface area contributed by atoms with Crippen LogP contribution in [-0.4, -0.2) is 19.3 Å². The highest BCUT2D eigenvalue weighted by atomic mass is 19.4. The van der Waals surface area contributed by atoms with Gasteiger partial charge in [0.15, 0.2) is 0 Å². The summed E-state index contributed by atoms with van der Waals surface area (Å²) < 4.78 is 67.0. The number of benzene rings is 1. The van der Waals surface area contributed by atoms with Gasteiger partial charge in [-0.1, -0.05) is 25.5 Å². The third-order valence-corrected chi connectivity index (χ3v) is 6.60. The summed E-state index contributed by atoms with van der Waals surface area (Å²) in [6.45, 7) is 6.18. The molecule has 1 aliphatic carbocycles. The minimum atomic E-state index is -4.80. The topological polar surface area (TPSA) is 18.5 Å². The highest BCUT2D eigenvalue weighted by Crippen LogP contribution is 2.43. The van der Waals surface area contributed by atoms with Crippen molar-refractivity contribution in [1.82, 2.24) is 0 Å². The molecule has 0 bridgehead atoms. The van der Waals surface area contributed by atoms with Crippen LogP contribution in [0, 0.1) is 17.7 Å². The Hall–Kier alpha value is -1.56. The quantitative estimate of drug-likeness (QED) is 0.258. The van der Waals surface area contributed by atoms with E-state index in [1.54, 1.807) is 0 Å². The Balaban J connectivity index is 1.68. The van der Waals surface area contributed by atoms with Crippen molar-refractivity contribution in [1.29, 1.82) is 0 Å². The molecule has 0 amide bonds. The summed E-state index contributed by atoms with van der Waals surface area (Å²) in [5, 5.41) is 0. The number of ether oxygens (including phenoxy) is 2. The van der Waals surface area contributed by atoms with E-state index in [-0.39, 0.29) is 30.8 Å². The van der Waals surface area contributed by atoms with Crippen LogP contribution in [0.25, 0.3) is 0 Å². The van der Waals surface area contributed by atoms with Crippen LogP contribution < -0.4 is 4.74 Å². The van der Waals surface area contributed by atoms with Crippen LogP contribution in [0.3, 0.4) is 0 Å². The van der Waals surface area contributed by atoms with Crippen molar-refractivity contribution in [3.63, 3.8) is 0 Å². The molecule has 1 aromatic carbocycles. The molecule has 2 atom stereocenters. The zero-order valence-electron chi connectivity index (χ0n) is 17.6. The van der Waals surface area contributed by atoms with E-state index < -0.39 is 23.3 Å². The van der Waals surface area contributed by atoms with Gasteiger partial charge in [0, 0.05) is 5.92 Å². The first kappa shape index (κ1) is 23.1. The number of allylic oxidation sites excluding steroid dienone is 1. The van der Waals surface area contributed by atoms with Crippen molar-refractivity contribution in [3.05, 3.63) is 41.7 Å². The van der Waals surface area contributed by atoms with E-state index in [4.69, 9.17) is 9.47 Å². The summed E-state index contributed by atoms with van der Waals surface area (Å²) in [5.74, 6) is -0.949. The molecule has 0 radical (unpaired) electrons. The van der Waals surface area contributed by atoms with Crippen molar-refractivity contribution in [2.45, 2.75) is 76.5 Å². The van der Waals surface area contributed by atoms with E-state index in [9.17, 15) is 17.6 Å². The first-order valence-corrected chi connectivity index (χ1v) is 11.1. The van der Waals surface area contributed by atoms with E-state index in [1.807, 2.05) is 13.0 Å². The summed E-state index contributed by atoms with van der Waals surface area (Å²) in [6, 6.07) is 2.70. The largest absolute Gasteiger partial charge is 0.493 e. The van der Waals surface area contributed by atoms with Gasteiger partial charge in [0.1, 0.15) is 17.1 Å². The first-order valence-electron chi connectivity index (χ1n) is 11.1. The first-order chi connectivity index (χ1) is 14.3. The van der Waals surface area contributed by atoms with Gasteiger partial charge in [0.05, 0.1) is 19.3 Å². The third kappa shape index (κ3) is 5.37. The van der Waals surface area contributed by atoms with Crippen molar-refractivity contribution in [2.24, 2.45) is 11.8 Å². The van der Waals surface area contributed by atoms with Crippen LogP contribution in [-0.2, 0) is 10.9 Å². The number of hydrogen-bond acceptors (Lipinski definition) is 2. The van der Waals surface area contributed by atoms with E-state index in [0.717, 1.165) is 38.5 Å². The fourth-order valence-electron chi connectivity index (χ4n) is 4.74.